The zero-order chi connectivity index (χ0) is 16.9. The van der Waals surface area contributed by atoms with Gasteiger partial charge >= 0.3 is 0 Å². The number of aryl methyl sites for hydroxylation is 1. The number of halogens is 1. The molecule has 24 heavy (non-hydrogen) atoms. The minimum Gasteiger partial charge on any atom is -0.365 e. The standard InChI is InChI=1S/C16H14ClN5O2/c1-10-6-14(22-24-10)21-16(23)13-8-20-15(9-18-13)19-7-11-4-2-3-5-12(11)17/h2-6,8-9H,7H2,1H3,(H,19,20)(H,21,22,23). The first kappa shape index (κ1) is 15.9. The Morgan fingerprint density at radius 2 is 2.04 bits per heavy atom. The van der Waals surface area contributed by atoms with Crippen LogP contribution in [0.5, 0.6) is 0 Å². The molecule has 2 heterocycles. The van der Waals surface area contributed by atoms with Gasteiger partial charge in [-0.05, 0) is 18.6 Å². The Bertz CT molecular complexity index is 848. The van der Waals surface area contributed by atoms with Gasteiger partial charge < -0.3 is 15.2 Å². The van der Waals surface area contributed by atoms with E-state index >= 15 is 0 Å². The third kappa shape index (κ3) is 3.88. The number of carbonyl (C=O) groups excluding carboxylic acids is 1. The number of aromatic nitrogens is 3. The summed E-state index contributed by atoms with van der Waals surface area (Å²) in [5.74, 6) is 1.08. The number of hydrogen-bond donors (Lipinski definition) is 2. The molecule has 0 aliphatic rings. The normalized spacial score (nSPS) is 10.4. The van der Waals surface area contributed by atoms with Crippen molar-refractivity contribution in [3.8, 4) is 0 Å². The van der Waals surface area contributed by atoms with Crippen LogP contribution in [-0.2, 0) is 6.54 Å². The van der Waals surface area contributed by atoms with Crippen LogP contribution in [0.25, 0.3) is 0 Å². The average Bonchev–Trinajstić information content (AvgIpc) is 2.99. The molecule has 0 aliphatic carbocycles. The largest absolute Gasteiger partial charge is 0.365 e. The Morgan fingerprint density at radius 3 is 2.71 bits per heavy atom. The van der Waals surface area contributed by atoms with Crippen LogP contribution in [0.15, 0.2) is 47.2 Å². The average molecular weight is 344 g/mol. The topological polar surface area (TPSA) is 92.9 Å². The van der Waals surface area contributed by atoms with Crippen molar-refractivity contribution < 1.29 is 9.32 Å². The molecule has 0 fully saturated rings. The maximum Gasteiger partial charge on any atom is 0.277 e. The molecule has 0 aliphatic heterocycles. The highest BCUT2D eigenvalue weighted by Crippen LogP contribution is 2.16. The Balaban J connectivity index is 1.60. The van der Waals surface area contributed by atoms with E-state index in [1.165, 1.54) is 12.4 Å². The zero-order valence-corrected chi connectivity index (χ0v) is 13.5. The summed E-state index contributed by atoms with van der Waals surface area (Å²) in [5.41, 5.74) is 1.13. The van der Waals surface area contributed by atoms with Gasteiger partial charge in [-0.3, -0.25) is 4.79 Å². The SMILES string of the molecule is Cc1cc(NC(=O)c2cnc(NCc3ccccc3Cl)cn2)no1. The van der Waals surface area contributed by atoms with Crippen molar-refractivity contribution in [1.29, 1.82) is 0 Å². The molecule has 2 aromatic heterocycles. The highest BCUT2D eigenvalue weighted by atomic mass is 35.5. The van der Waals surface area contributed by atoms with E-state index in [4.69, 9.17) is 16.1 Å². The van der Waals surface area contributed by atoms with Crippen molar-refractivity contribution in [2.24, 2.45) is 0 Å². The molecule has 3 rings (SSSR count). The fraction of sp³-hybridized carbons (Fsp3) is 0.125. The van der Waals surface area contributed by atoms with Gasteiger partial charge in [0.05, 0.1) is 12.4 Å². The number of anilines is 2. The second-order valence-electron chi connectivity index (χ2n) is 5.01. The molecule has 0 bridgehead atoms. The predicted molar refractivity (Wildman–Crippen MR) is 90.0 cm³/mol. The monoisotopic (exact) mass is 343 g/mol. The molecule has 3 aromatic rings. The smallest absolute Gasteiger partial charge is 0.277 e. The lowest BCUT2D eigenvalue weighted by Gasteiger charge is -2.07. The quantitative estimate of drug-likeness (QED) is 0.738. The van der Waals surface area contributed by atoms with Gasteiger partial charge in [0, 0.05) is 17.6 Å². The van der Waals surface area contributed by atoms with Crippen LogP contribution in [0.4, 0.5) is 11.6 Å². The van der Waals surface area contributed by atoms with Crippen molar-refractivity contribution in [2.75, 3.05) is 10.6 Å². The lowest BCUT2D eigenvalue weighted by atomic mass is 10.2. The number of carbonyl (C=O) groups is 1. The first-order chi connectivity index (χ1) is 11.6. The zero-order valence-electron chi connectivity index (χ0n) is 12.8. The molecule has 1 amide bonds. The van der Waals surface area contributed by atoms with E-state index in [9.17, 15) is 4.79 Å². The van der Waals surface area contributed by atoms with Gasteiger partial charge in [0.15, 0.2) is 5.82 Å². The van der Waals surface area contributed by atoms with Crippen LogP contribution in [0, 0.1) is 6.92 Å². The molecule has 0 atom stereocenters. The Kier molecular flexibility index (Phi) is 4.72. The van der Waals surface area contributed by atoms with E-state index < -0.39 is 5.91 Å². The fourth-order valence-corrected chi connectivity index (χ4v) is 2.17. The van der Waals surface area contributed by atoms with Crippen LogP contribution < -0.4 is 10.6 Å². The summed E-state index contributed by atoms with van der Waals surface area (Å²) in [6, 6.07) is 9.14. The summed E-state index contributed by atoms with van der Waals surface area (Å²) >= 11 is 6.09. The summed E-state index contributed by atoms with van der Waals surface area (Å²) in [7, 11) is 0. The number of hydrogen-bond acceptors (Lipinski definition) is 6. The van der Waals surface area contributed by atoms with Crippen molar-refractivity contribution >= 4 is 29.1 Å². The van der Waals surface area contributed by atoms with Crippen LogP contribution >= 0.6 is 11.6 Å². The van der Waals surface area contributed by atoms with E-state index in [1.54, 1.807) is 13.0 Å². The molecular formula is C16H14ClN5O2. The highest BCUT2D eigenvalue weighted by Gasteiger charge is 2.11. The highest BCUT2D eigenvalue weighted by molar-refractivity contribution is 6.31. The molecule has 0 radical (unpaired) electrons. The van der Waals surface area contributed by atoms with Crippen LogP contribution in [0.1, 0.15) is 21.8 Å². The molecule has 7 nitrogen and oxygen atoms in total. The number of rotatable bonds is 5. The third-order valence-electron chi connectivity index (χ3n) is 3.17. The maximum absolute atomic E-state index is 12.0. The summed E-state index contributed by atoms with van der Waals surface area (Å²) in [4.78, 5) is 20.3. The molecule has 0 saturated heterocycles. The molecule has 8 heteroatoms. The molecule has 0 spiro atoms. The van der Waals surface area contributed by atoms with Crippen molar-refractivity contribution in [3.63, 3.8) is 0 Å². The van der Waals surface area contributed by atoms with E-state index in [-0.39, 0.29) is 5.69 Å². The van der Waals surface area contributed by atoms with E-state index in [2.05, 4.69) is 25.8 Å². The second-order valence-corrected chi connectivity index (χ2v) is 5.42. The van der Waals surface area contributed by atoms with Crippen LogP contribution in [0.3, 0.4) is 0 Å². The van der Waals surface area contributed by atoms with Crippen LogP contribution in [0.2, 0.25) is 5.02 Å². The molecule has 122 valence electrons. The van der Waals surface area contributed by atoms with E-state index in [0.29, 0.717) is 29.0 Å². The van der Waals surface area contributed by atoms with Gasteiger partial charge in [-0.1, -0.05) is 35.0 Å². The van der Waals surface area contributed by atoms with Crippen molar-refractivity contribution in [1.82, 2.24) is 15.1 Å². The number of benzene rings is 1. The summed E-state index contributed by atoms with van der Waals surface area (Å²) in [5, 5.41) is 10.1. The molecular weight excluding hydrogens is 330 g/mol. The maximum atomic E-state index is 12.0. The van der Waals surface area contributed by atoms with Crippen LogP contribution in [-0.4, -0.2) is 21.0 Å². The Hall–Kier alpha value is -2.93. The van der Waals surface area contributed by atoms with Gasteiger partial charge in [0.25, 0.3) is 5.91 Å². The minimum atomic E-state index is -0.409. The molecule has 2 N–H and O–H groups in total. The summed E-state index contributed by atoms with van der Waals surface area (Å²) in [6.45, 7) is 2.25. The predicted octanol–water partition coefficient (Wildman–Crippen LogP) is 3.29. The fourth-order valence-electron chi connectivity index (χ4n) is 1.97. The second kappa shape index (κ2) is 7.10. The van der Waals surface area contributed by atoms with Gasteiger partial charge in [-0.25, -0.2) is 9.97 Å². The molecule has 0 saturated carbocycles. The minimum absolute atomic E-state index is 0.180. The van der Waals surface area contributed by atoms with Gasteiger partial charge in [-0.15, -0.1) is 0 Å². The molecule has 1 aromatic carbocycles. The van der Waals surface area contributed by atoms with Crippen molar-refractivity contribution in [2.45, 2.75) is 13.5 Å². The lowest BCUT2D eigenvalue weighted by Crippen LogP contribution is -2.14. The van der Waals surface area contributed by atoms with Crippen molar-refractivity contribution in [3.05, 3.63) is 64.8 Å². The summed E-state index contributed by atoms with van der Waals surface area (Å²) in [6.07, 6.45) is 2.87. The first-order valence-corrected chi connectivity index (χ1v) is 7.53. The molecule has 0 unspecified atom stereocenters. The third-order valence-corrected chi connectivity index (χ3v) is 3.54. The van der Waals surface area contributed by atoms with E-state index in [1.807, 2.05) is 24.3 Å². The van der Waals surface area contributed by atoms with Gasteiger partial charge in [-0.2, -0.15) is 0 Å². The summed E-state index contributed by atoms with van der Waals surface area (Å²) < 4.78 is 4.88. The number of nitrogens with one attached hydrogen (secondary N) is 2. The Labute approximate surface area is 143 Å². The number of nitrogens with zero attached hydrogens (tertiary/aromatic N) is 3. The Morgan fingerprint density at radius 1 is 1.21 bits per heavy atom. The van der Waals surface area contributed by atoms with Gasteiger partial charge in [0.2, 0.25) is 0 Å². The van der Waals surface area contributed by atoms with E-state index in [0.717, 1.165) is 5.56 Å². The first-order valence-electron chi connectivity index (χ1n) is 7.16. The van der Waals surface area contributed by atoms with Gasteiger partial charge in [0.1, 0.15) is 17.3 Å². The number of amides is 1. The lowest BCUT2D eigenvalue weighted by molar-refractivity contribution is 0.102.